The molecule has 0 atom stereocenters. The first-order chi connectivity index (χ1) is 10.0. The van der Waals surface area contributed by atoms with Crippen LogP contribution in [-0.4, -0.2) is 29.9 Å². The van der Waals surface area contributed by atoms with Crippen LogP contribution >= 0.6 is 0 Å². The first kappa shape index (κ1) is 15.0. The SMILES string of the molecule is CNc1cc(C)ncc1C(=O)N(C)Cc1ccc(C)cc1. The Hall–Kier alpha value is -2.36. The molecule has 0 fully saturated rings. The van der Waals surface area contributed by atoms with Crippen molar-refractivity contribution in [3.05, 3.63) is 58.9 Å². The van der Waals surface area contributed by atoms with Crippen molar-refractivity contribution in [1.29, 1.82) is 0 Å². The summed E-state index contributed by atoms with van der Waals surface area (Å²) in [6.45, 7) is 4.54. The maximum Gasteiger partial charge on any atom is 0.257 e. The van der Waals surface area contributed by atoms with E-state index in [9.17, 15) is 4.79 Å². The summed E-state index contributed by atoms with van der Waals surface area (Å²) in [4.78, 5) is 18.5. The van der Waals surface area contributed by atoms with E-state index in [-0.39, 0.29) is 5.91 Å². The standard InChI is InChI=1S/C17H21N3O/c1-12-5-7-14(8-6-12)11-20(4)17(21)15-10-19-13(2)9-16(15)18-3/h5-10H,11H2,1-4H3,(H,18,19). The van der Waals surface area contributed by atoms with Gasteiger partial charge in [-0.25, -0.2) is 0 Å². The Morgan fingerprint density at radius 1 is 1.24 bits per heavy atom. The van der Waals surface area contributed by atoms with Gasteiger partial charge in [-0.2, -0.15) is 0 Å². The smallest absolute Gasteiger partial charge is 0.257 e. The Balaban J connectivity index is 2.17. The zero-order valence-electron chi connectivity index (χ0n) is 13.0. The Morgan fingerprint density at radius 3 is 2.52 bits per heavy atom. The van der Waals surface area contributed by atoms with Gasteiger partial charge in [-0.05, 0) is 25.5 Å². The summed E-state index contributed by atoms with van der Waals surface area (Å²) in [7, 11) is 3.62. The number of carbonyl (C=O) groups is 1. The molecule has 0 unspecified atom stereocenters. The number of hydrogen-bond acceptors (Lipinski definition) is 3. The van der Waals surface area contributed by atoms with Crippen molar-refractivity contribution in [2.24, 2.45) is 0 Å². The Labute approximate surface area is 125 Å². The van der Waals surface area contributed by atoms with E-state index in [0.29, 0.717) is 12.1 Å². The number of benzene rings is 1. The lowest BCUT2D eigenvalue weighted by Crippen LogP contribution is -2.27. The van der Waals surface area contributed by atoms with Gasteiger partial charge < -0.3 is 10.2 Å². The largest absolute Gasteiger partial charge is 0.387 e. The maximum absolute atomic E-state index is 12.6. The molecule has 1 aromatic heterocycles. The van der Waals surface area contributed by atoms with Crippen LogP contribution in [0, 0.1) is 13.8 Å². The third-order valence-corrected chi connectivity index (χ3v) is 3.43. The fourth-order valence-corrected chi connectivity index (χ4v) is 2.18. The topological polar surface area (TPSA) is 45.2 Å². The minimum Gasteiger partial charge on any atom is -0.387 e. The zero-order valence-corrected chi connectivity index (χ0v) is 13.0. The zero-order chi connectivity index (χ0) is 15.4. The normalized spacial score (nSPS) is 10.3. The Morgan fingerprint density at radius 2 is 1.90 bits per heavy atom. The molecule has 0 radical (unpaired) electrons. The highest BCUT2D eigenvalue weighted by Crippen LogP contribution is 2.18. The van der Waals surface area contributed by atoms with Crippen LogP contribution in [0.1, 0.15) is 27.2 Å². The van der Waals surface area contributed by atoms with E-state index in [1.54, 1.807) is 11.1 Å². The fraction of sp³-hybridized carbons (Fsp3) is 0.294. The molecular weight excluding hydrogens is 262 g/mol. The second kappa shape index (κ2) is 6.39. The molecule has 0 aliphatic carbocycles. The number of hydrogen-bond donors (Lipinski definition) is 1. The summed E-state index contributed by atoms with van der Waals surface area (Å²) >= 11 is 0. The molecule has 0 aliphatic heterocycles. The monoisotopic (exact) mass is 283 g/mol. The molecule has 1 aromatic carbocycles. The predicted molar refractivity (Wildman–Crippen MR) is 85.5 cm³/mol. The molecular formula is C17H21N3O. The highest BCUT2D eigenvalue weighted by Gasteiger charge is 2.16. The molecule has 0 aliphatic rings. The molecule has 1 N–H and O–H groups in total. The van der Waals surface area contributed by atoms with E-state index in [0.717, 1.165) is 16.9 Å². The summed E-state index contributed by atoms with van der Waals surface area (Å²) in [5.41, 5.74) is 4.62. The van der Waals surface area contributed by atoms with E-state index in [4.69, 9.17) is 0 Å². The van der Waals surface area contributed by atoms with Crippen molar-refractivity contribution in [3.63, 3.8) is 0 Å². The number of amides is 1. The van der Waals surface area contributed by atoms with Crippen LogP contribution < -0.4 is 5.32 Å². The van der Waals surface area contributed by atoms with Crippen LogP contribution in [0.25, 0.3) is 0 Å². The van der Waals surface area contributed by atoms with Crippen molar-refractivity contribution in [1.82, 2.24) is 9.88 Å². The van der Waals surface area contributed by atoms with E-state index >= 15 is 0 Å². The van der Waals surface area contributed by atoms with Crippen molar-refractivity contribution >= 4 is 11.6 Å². The summed E-state index contributed by atoms with van der Waals surface area (Å²) in [6, 6.07) is 10.1. The average Bonchev–Trinajstić information content (AvgIpc) is 2.48. The molecule has 4 heteroatoms. The summed E-state index contributed by atoms with van der Waals surface area (Å²) in [5.74, 6) is -0.0348. The molecule has 1 heterocycles. The summed E-state index contributed by atoms with van der Waals surface area (Å²) in [5, 5.41) is 3.06. The van der Waals surface area contributed by atoms with Gasteiger partial charge in [0, 0.05) is 32.5 Å². The average molecular weight is 283 g/mol. The summed E-state index contributed by atoms with van der Waals surface area (Å²) in [6.07, 6.45) is 1.63. The summed E-state index contributed by atoms with van der Waals surface area (Å²) < 4.78 is 0. The van der Waals surface area contributed by atoms with Gasteiger partial charge in [-0.1, -0.05) is 29.8 Å². The molecule has 2 rings (SSSR count). The fourth-order valence-electron chi connectivity index (χ4n) is 2.18. The maximum atomic E-state index is 12.6. The minimum absolute atomic E-state index is 0.0348. The first-order valence-corrected chi connectivity index (χ1v) is 6.96. The molecule has 0 spiro atoms. The van der Waals surface area contributed by atoms with Crippen LogP contribution in [0.4, 0.5) is 5.69 Å². The Kier molecular flexibility index (Phi) is 4.58. The van der Waals surface area contributed by atoms with Crippen LogP contribution in [0.5, 0.6) is 0 Å². The number of anilines is 1. The van der Waals surface area contributed by atoms with Crippen molar-refractivity contribution in [2.45, 2.75) is 20.4 Å². The van der Waals surface area contributed by atoms with E-state index in [1.165, 1.54) is 5.56 Å². The second-order valence-corrected chi connectivity index (χ2v) is 5.27. The van der Waals surface area contributed by atoms with Gasteiger partial charge in [-0.3, -0.25) is 9.78 Å². The second-order valence-electron chi connectivity index (χ2n) is 5.27. The van der Waals surface area contributed by atoms with Crippen LogP contribution in [0.3, 0.4) is 0 Å². The molecule has 0 saturated heterocycles. The van der Waals surface area contributed by atoms with Crippen LogP contribution in [0.15, 0.2) is 36.5 Å². The molecule has 0 bridgehead atoms. The van der Waals surface area contributed by atoms with Gasteiger partial charge in [-0.15, -0.1) is 0 Å². The lowest BCUT2D eigenvalue weighted by Gasteiger charge is -2.19. The minimum atomic E-state index is -0.0348. The van der Waals surface area contributed by atoms with E-state index in [1.807, 2.05) is 39.2 Å². The number of nitrogens with one attached hydrogen (secondary N) is 1. The van der Waals surface area contributed by atoms with Gasteiger partial charge in [0.15, 0.2) is 0 Å². The van der Waals surface area contributed by atoms with Crippen molar-refractivity contribution in [2.75, 3.05) is 19.4 Å². The van der Waals surface area contributed by atoms with Crippen LogP contribution in [-0.2, 0) is 6.54 Å². The van der Waals surface area contributed by atoms with Gasteiger partial charge in [0.1, 0.15) is 0 Å². The Bertz CT molecular complexity index is 635. The molecule has 0 saturated carbocycles. The molecule has 1 amide bonds. The number of rotatable bonds is 4. The van der Waals surface area contributed by atoms with Gasteiger partial charge in [0.05, 0.1) is 11.3 Å². The predicted octanol–water partition coefficient (Wildman–Crippen LogP) is 3.01. The third-order valence-electron chi connectivity index (χ3n) is 3.43. The highest BCUT2D eigenvalue weighted by atomic mass is 16.2. The third kappa shape index (κ3) is 3.60. The molecule has 4 nitrogen and oxygen atoms in total. The molecule has 110 valence electrons. The quantitative estimate of drug-likeness (QED) is 0.938. The number of pyridine rings is 1. The number of carbonyl (C=O) groups excluding carboxylic acids is 1. The number of nitrogens with zero attached hydrogens (tertiary/aromatic N) is 2. The molecule has 2 aromatic rings. The first-order valence-electron chi connectivity index (χ1n) is 6.96. The van der Waals surface area contributed by atoms with Crippen LogP contribution in [0.2, 0.25) is 0 Å². The van der Waals surface area contributed by atoms with Gasteiger partial charge >= 0.3 is 0 Å². The van der Waals surface area contributed by atoms with Gasteiger partial charge in [0.2, 0.25) is 0 Å². The molecule has 21 heavy (non-hydrogen) atoms. The lowest BCUT2D eigenvalue weighted by molar-refractivity contribution is 0.0785. The van der Waals surface area contributed by atoms with Crippen molar-refractivity contribution in [3.8, 4) is 0 Å². The van der Waals surface area contributed by atoms with Gasteiger partial charge in [0.25, 0.3) is 5.91 Å². The van der Waals surface area contributed by atoms with E-state index < -0.39 is 0 Å². The van der Waals surface area contributed by atoms with Crippen molar-refractivity contribution < 1.29 is 4.79 Å². The number of aromatic nitrogens is 1. The highest BCUT2D eigenvalue weighted by molar-refractivity contribution is 5.99. The number of aryl methyl sites for hydroxylation is 2. The van der Waals surface area contributed by atoms with E-state index in [2.05, 4.69) is 29.4 Å². The lowest BCUT2D eigenvalue weighted by atomic mass is 10.1.